The van der Waals surface area contributed by atoms with E-state index in [0.717, 1.165) is 4.90 Å². The van der Waals surface area contributed by atoms with E-state index >= 15 is 9.59 Å². The number of carbonyl (C=O) groups is 7. The van der Waals surface area contributed by atoms with E-state index in [0.29, 0.717) is 32.5 Å². The molecule has 1 aromatic heterocycles. The van der Waals surface area contributed by atoms with Crippen LogP contribution >= 0.6 is 12.6 Å². The lowest BCUT2D eigenvalue weighted by Gasteiger charge is -2.41. The van der Waals surface area contributed by atoms with E-state index in [9.17, 15) is 24.0 Å². The average Bonchev–Trinajstić information content (AvgIpc) is 3.80. The van der Waals surface area contributed by atoms with Crippen molar-refractivity contribution < 1.29 is 43.0 Å². The Balaban J connectivity index is 1.40. The maximum absolute atomic E-state index is 15.6. The zero-order valence-corrected chi connectivity index (χ0v) is 35.6. The van der Waals surface area contributed by atoms with Crippen molar-refractivity contribution in [2.24, 2.45) is 5.92 Å². The van der Waals surface area contributed by atoms with Crippen LogP contribution in [0.15, 0.2) is 115 Å². The standard InChI is InChI=1S/C47H49N5O9S/c1-30(2)25-38(50-45(58)60-28-31-15-6-4-7-16-31)40(53)47(44(57)48-3,26-33-27-49-37-22-13-12-19-34(33)37)52(46(59)61-29-32-17-8-5-9-18-32)43(56)39(62)23-14-24-51-41(54)35-20-10-11-21-36(35)42(51)55/h4-13,15-22,27,30,38-39,49,62H,14,23-26,28-29H2,1-3H3,(H,48,57)(H,50,58)/t38-,39?,47+/m0/s1. The van der Waals surface area contributed by atoms with Crippen molar-refractivity contribution in [3.8, 4) is 0 Å². The second-order valence-electron chi connectivity index (χ2n) is 15.4. The van der Waals surface area contributed by atoms with Crippen LogP contribution < -0.4 is 10.6 Å². The smallest absolute Gasteiger partial charge is 0.418 e. The lowest BCUT2D eigenvalue weighted by Crippen LogP contribution is -2.71. The van der Waals surface area contributed by atoms with Crippen molar-refractivity contribution in [2.45, 2.75) is 69.6 Å². The number of alkyl carbamates (subject to hydrolysis) is 1. The Morgan fingerprint density at radius 3 is 1.95 bits per heavy atom. The van der Waals surface area contributed by atoms with E-state index in [1.807, 2.05) is 19.9 Å². The maximum Gasteiger partial charge on any atom is 0.418 e. The Morgan fingerprint density at radius 2 is 1.35 bits per heavy atom. The summed E-state index contributed by atoms with van der Waals surface area (Å²) in [7, 11) is 1.27. The molecule has 4 aromatic carbocycles. The van der Waals surface area contributed by atoms with Crippen molar-refractivity contribution in [3.63, 3.8) is 0 Å². The monoisotopic (exact) mass is 859 g/mol. The minimum Gasteiger partial charge on any atom is -0.445 e. The van der Waals surface area contributed by atoms with Crippen LogP contribution in [-0.2, 0) is 43.5 Å². The molecule has 15 heteroatoms. The molecule has 5 aromatic rings. The molecule has 1 aliphatic rings. The van der Waals surface area contributed by atoms with Crippen LogP contribution in [0.4, 0.5) is 9.59 Å². The molecule has 3 atom stereocenters. The number of hydrogen-bond donors (Lipinski definition) is 4. The zero-order chi connectivity index (χ0) is 44.4. The molecule has 14 nitrogen and oxygen atoms in total. The Labute approximate surface area is 364 Å². The molecule has 2 heterocycles. The molecular formula is C47H49N5O9S. The van der Waals surface area contributed by atoms with Crippen molar-refractivity contribution in [2.75, 3.05) is 13.6 Å². The van der Waals surface area contributed by atoms with Crippen LogP contribution in [0.1, 0.15) is 70.5 Å². The molecule has 0 spiro atoms. The van der Waals surface area contributed by atoms with E-state index in [4.69, 9.17) is 9.47 Å². The van der Waals surface area contributed by atoms with Crippen LogP contribution in [0, 0.1) is 5.92 Å². The van der Waals surface area contributed by atoms with Crippen LogP contribution in [0.2, 0.25) is 0 Å². The van der Waals surface area contributed by atoms with Gasteiger partial charge in [-0.15, -0.1) is 0 Å². The van der Waals surface area contributed by atoms with Gasteiger partial charge in [0.05, 0.1) is 22.4 Å². The fourth-order valence-electron chi connectivity index (χ4n) is 7.60. The number of H-pyrrole nitrogens is 1. The fourth-order valence-corrected chi connectivity index (χ4v) is 7.90. The van der Waals surface area contributed by atoms with E-state index in [1.54, 1.807) is 109 Å². The van der Waals surface area contributed by atoms with Crippen LogP contribution in [0.25, 0.3) is 10.9 Å². The van der Waals surface area contributed by atoms with Crippen LogP contribution in [0.3, 0.4) is 0 Å². The molecule has 6 rings (SSSR count). The largest absolute Gasteiger partial charge is 0.445 e. The number of benzene rings is 4. The number of ketones is 1. The summed E-state index contributed by atoms with van der Waals surface area (Å²) in [5.41, 5.74) is 0.153. The van der Waals surface area contributed by atoms with Gasteiger partial charge < -0.3 is 25.1 Å². The summed E-state index contributed by atoms with van der Waals surface area (Å²) in [4.78, 5) is 105. The Morgan fingerprint density at radius 1 is 0.790 bits per heavy atom. The molecule has 0 saturated carbocycles. The molecule has 0 radical (unpaired) electrons. The molecule has 0 fully saturated rings. The van der Waals surface area contributed by atoms with Crippen molar-refractivity contribution in [1.82, 2.24) is 25.4 Å². The van der Waals surface area contributed by atoms with Crippen molar-refractivity contribution in [3.05, 3.63) is 143 Å². The second kappa shape index (κ2) is 20.2. The first-order chi connectivity index (χ1) is 29.8. The number of aromatic amines is 1. The number of rotatable bonds is 18. The summed E-state index contributed by atoms with van der Waals surface area (Å²) >= 11 is 4.64. The Bertz CT molecular complexity index is 2400. The number of amides is 6. The van der Waals surface area contributed by atoms with Gasteiger partial charge in [0, 0.05) is 37.1 Å². The second-order valence-corrected chi connectivity index (χ2v) is 16.0. The number of Topliss-reactive ketones (excluding diaryl/α,β-unsaturated/α-hetero) is 1. The molecule has 0 aliphatic carbocycles. The van der Waals surface area contributed by atoms with Gasteiger partial charge in [-0.2, -0.15) is 12.6 Å². The summed E-state index contributed by atoms with van der Waals surface area (Å²) < 4.78 is 11.3. The normalized spacial score (nSPS) is 14.1. The number of nitrogens with zero attached hydrogens (tertiary/aromatic N) is 2. The predicted molar refractivity (Wildman–Crippen MR) is 234 cm³/mol. The summed E-state index contributed by atoms with van der Waals surface area (Å²) in [6.07, 6.45) is -1.26. The number of ether oxygens (including phenoxy) is 2. The summed E-state index contributed by atoms with van der Waals surface area (Å²) in [5.74, 6) is -4.27. The molecule has 3 N–H and O–H groups in total. The first-order valence-electron chi connectivity index (χ1n) is 20.3. The van der Waals surface area contributed by atoms with Gasteiger partial charge in [0.15, 0.2) is 11.3 Å². The third-order valence-corrected chi connectivity index (χ3v) is 11.2. The SMILES string of the molecule is CNC(=O)[C@@](Cc1c[nH]c2ccccc12)(C(=O)[C@H](CC(C)C)NC(=O)OCc1ccccc1)N(C(=O)OCc1ccccc1)C(=O)C(S)CCCN1C(=O)c2ccccc2C1=O. The van der Waals surface area contributed by atoms with Gasteiger partial charge in [-0.1, -0.05) is 105 Å². The molecule has 322 valence electrons. The molecule has 1 aliphatic heterocycles. The number of thiol groups is 1. The van der Waals surface area contributed by atoms with Gasteiger partial charge in [0.1, 0.15) is 13.2 Å². The molecule has 62 heavy (non-hydrogen) atoms. The molecule has 6 amide bonds. The summed E-state index contributed by atoms with van der Waals surface area (Å²) in [5, 5.41) is 4.43. The topological polar surface area (TPSA) is 184 Å². The number of likely N-dealkylation sites (N-methyl/N-ethyl adjacent to an activating group) is 1. The lowest BCUT2D eigenvalue weighted by atomic mass is 9.78. The van der Waals surface area contributed by atoms with Crippen molar-refractivity contribution in [1.29, 1.82) is 0 Å². The summed E-state index contributed by atoms with van der Waals surface area (Å²) in [6.45, 7) is 3.10. The van der Waals surface area contributed by atoms with Gasteiger partial charge in [-0.05, 0) is 60.1 Å². The number of hydrogen-bond acceptors (Lipinski definition) is 10. The van der Waals surface area contributed by atoms with E-state index in [1.165, 1.54) is 7.05 Å². The van der Waals surface area contributed by atoms with Gasteiger partial charge in [0.2, 0.25) is 5.91 Å². The highest BCUT2D eigenvalue weighted by Crippen LogP contribution is 2.33. The predicted octanol–water partition coefficient (Wildman–Crippen LogP) is 6.65. The number of nitrogens with one attached hydrogen (secondary N) is 3. The van der Waals surface area contributed by atoms with Crippen LogP contribution in [-0.4, -0.2) is 86.8 Å². The number of fused-ring (bicyclic) bond motifs is 2. The molecule has 0 saturated heterocycles. The Kier molecular flexibility index (Phi) is 14.6. The third kappa shape index (κ3) is 9.89. The maximum atomic E-state index is 15.6. The zero-order valence-electron chi connectivity index (χ0n) is 34.7. The highest BCUT2D eigenvalue weighted by molar-refractivity contribution is 7.81. The van der Waals surface area contributed by atoms with E-state index in [2.05, 4.69) is 28.2 Å². The van der Waals surface area contributed by atoms with E-state index < -0.39 is 64.8 Å². The first-order valence-corrected chi connectivity index (χ1v) is 20.8. The minimum atomic E-state index is -2.69. The molecule has 1 unspecified atom stereocenters. The number of imide groups is 2. The first kappa shape index (κ1) is 44.8. The van der Waals surface area contributed by atoms with E-state index in [-0.39, 0.29) is 56.1 Å². The number of para-hydroxylation sites is 1. The lowest BCUT2D eigenvalue weighted by molar-refractivity contribution is -0.154. The van der Waals surface area contributed by atoms with Gasteiger partial charge in [-0.3, -0.25) is 28.9 Å². The van der Waals surface area contributed by atoms with Crippen LogP contribution in [0.5, 0.6) is 0 Å². The highest BCUT2D eigenvalue weighted by atomic mass is 32.1. The van der Waals surface area contributed by atoms with Gasteiger partial charge in [0.25, 0.3) is 17.7 Å². The third-order valence-electron chi connectivity index (χ3n) is 10.7. The van der Waals surface area contributed by atoms with Crippen molar-refractivity contribution >= 4 is 65.1 Å². The number of carbonyl (C=O) groups excluding carboxylic acids is 7. The highest BCUT2D eigenvalue weighted by Gasteiger charge is 2.58. The minimum absolute atomic E-state index is 0.0163. The van der Waals surface area contributed by atoms with Gasteiger partial charge >= 0.3 is 12.2 Å². The molecule has 0 bridgehead atoms. The quantitative estimate of drug-likeness (QED) is 0.0426. The average molecular weight is 860 g/mol. The van der Waals surface area contributed by atoms with Gasteiger partial charge in [-0.25, -0.2) is 14.5 Å². The fraction of sp³-hybridized carbons (Fsp3) is 0.298. The number of aromatic nitrogens is 1. The summed E-state index contributed by atoms with van der Waals surface area (Å²) in [6, 6.07) is 29.7. The molecular weight excluding hydrogens is 811 g/mol. The Hall–Kier alpha value is -6.74.